The molecule has 4 nitrogen and oxygen atoms in total. The van der Waals surface area contributed by atoms with Crippen LogP contribution in [0.5, 0.6) is 0 Å². The van der Waals surface area contributed by atoms with Crippen LogP contribution in [0.3, 0.4) is 0 Å². The van der Waals surface area contributed by atoms with Crippen LogP contribution < -0.4 is 5.32 Å². The topological polar surface area (TPSA) is 55.2 Å². The normalized spacial score (nSPS) is 33.1. The van der Waals surface area contributed by atoms with E-state index in [1.165, 1.54) is 18.6 Å². The summed E-state index contributed by atoms with van der Waals surface area (Å²) in [7, 11) is 0. The van der Waals surface area contributed by atoms with Gasteiger partial charge in [0.25, 0.3) is 5.69 Å². The molecule has 5 heteroatoms. The van der Waals surface area contributed by atoms with Crippen molar-refractivity contribution in [2.75, 3.05) is 5.32 Å². The average Bonchev–Trinajstić information content (AvgIpc) is 2.73. The van der Waals surface area contributed by atoms with Crippen LogP contribution in [0.25, 0.3) is 0 Å². The van der Waals surface area contributed by atoms with Crippen LogP contribution in [-0.2, 0) is 0 Å². The molecule has 2 saturated carbocycles. The fraction of sp³-hybridized carbons (Fsp3) is 0.625. The molecule has 2 bridgehead atoms. The maximum atomic E-state index is 13.2. The summed E-state index contributed by atoms with van der Waals surface area (Å²) in [5.74, 6) is 0.0752. The predicted octanol–water partition coefficient (Wildman–Crippen LogP) is 4.36. The van der Waals surface area contributed by atoms with Gasteiger partial charge >= 0.3 is 0 Å². The van der Waals surface area contributed by atoms with Gasteiger partial charge in [-0.3, -0.25) is 10.1 Å². The number of anilines is 1. The van der Waals surface area contributed by atoms with Crippen LogP contribution in [0, 0.1) is 32.7 Å². The highest BCUT2D eigenvalue weighted by atomic mass is 19.1. The summed E-state index contributed by atoms with van der Waals surface area (Å²) in [5.41, 5.74) is 0.606. The van der Waals surface area contributed by atoms with Gasteiger partial charge in [-0.25, -0.2) is 4.39 Å². The zero-order valence-corrected chi connectivity index (χ0v) is 12.6. The third-order valence-electron chi connectivity index (χ3n) is 6.28. The lowest BCUT2D eigenvalue weighted by molar-refractivity contribution is -0.384. The first kappa shape index (κ1) is 14.3. The van der Waals surface area contributed by atoms with Crippen LogP contribution >= 0.6 is 0 Å². The first-order chi connectivity index (χ1) is 9.75. The molecule has 21 heavy (non-hydrogen) atoms. The van der Waals surface area contributed by atoms with Crippen molar-refractivity contribution in [3.8, 4) is 0 Å². The van der Waals surface area contributed by atoms with Gasteiger partial charge in [-0.05, 0) is 48.1 Å². The monoisotopic (exact) mass is 292 g/mol. The summed E-state index contributed by atoms with van der Waals surface area (Å²) in [6.45, 7) is 6.86. The van der Waals surface area contributed by atoms with Gasteiger partial charge in [-0.15, -0.1) is 0 Å². The minimum atomic E-state index is -0.577. The molecule has 114 valence electrons. The molecule has 3 unspecified atom stereocenters. The lowest BCUT2D eigenvalue weighted by atomic mass is 9.69. The molecule has 0 heterocycles. The summed E-state index contributed by atoms with van der Waals surface area (Å²) in [4.78, 5) is 10.6. The van der Waals surface area contributed by atoms with Crippen LogP contribution in [-0.4, -0.2) is 11.0 Å². The Kier molecular flexibility index (Phi) is 3.01. The molecule has 0 amide bonds. The number of benzene rings is 1. The molecule has 2 aliphatic rings. The number of hydrogen-bond donors (Lipinski definition) is 1. The van der Waals surface area contributed by atoms with E-state index < -0.39 is 10.7 Å². The van der Waals surface area contributed by atoms with E-state index >= 15 is 0 Å². The number of rotatable bonds is 3. The van der Waals surface area contributed by atoms with E-state index in [0.29, 0.717) is 11.6 Å². The zero-order chi connectivity index (χ0) is 15.4. The SMILES string of the molecule is CC1(C)C2CCC1(C)C(Nc1ccc(F)cc1[N+](=O)[O-])C2. The minimum absolute atomic E-state index is 0.125. The van der Waals surface area contributed by atoms with Crippen molar-refractivity contribution >= 4 is 11.4 Å². The molecule has 0 aromatic heterocycles. The van der Waals surface area contributed by atoms with Gasteiger partial charge in [0.1, 0.15) is 11.5 Å². The Morgan fingerprint density at radius 1 is 1.38 bits per heavy atom. The maximum absolute atomic E-state index is 13.2. The molecule has 2 aliphatic carbocycles. The lowest BCUT2D eigenvalue weighted by Crippen LogP contribution is -2.40. The second kappa shape index (κ2) is 4.42. The van der Waals surface area contributed by atoms with E-state index in [1.54, 1.807) is 0 Å². The molecule has 3 atom stereocenters. The summed E-state index contributed by atoms with van der Waals surface area (Å²) in [5, 5.41) is 14.5. The summed E-state index contributed by atoms with van der Waals surface area (Å²) >= 11 is 0. The number of fused-ring (bicyclic) bond motifs is 2. The number of nitro benzene ring substituents is 1. The van der Waals surface area contributed by atoms with Gasteiger partial charge in [-0.2, -0.15) is 0 Å². The average molecular weight is 292 g/mol. The number of nitrogens with zero attached hydrogens (tertiary/aromatic N) is 1. The van der Waals surface area contributed by atoms with Gasteiger partial charge in [0.05, 0.1) is 11.0 Å². The lowest BCUT2D eigenvalue weighted by Gasteiger charge is -2.39. The predicted molar refractivity (Wildman–Crippen MR) is 79.7 cm³/mol. The molecule has 2 fully saturated rings. The third-order valence-corrected chi connectivity index (χ3v) is 6.28. The minimum Gasteiger partial charge on any atom is -0.376 e. The number of halogens is 1. The van der Waals surface area contributed by atoms with Crippen molar-refractivity contribution in [2.24, 2.45) is 16.7 Å². The van der Waals surface area contributed by atoms with Gasteiger partial charge in [0.2, 0.25) is 0 Å². The smallest absolute Gasteiger partial charge is 0.295 e. The summed E-state index contributed by atoms with van der Waals surface area (Å²) < 4.78 is 13.2. The second-order valence-electron chi connectivity index (χ2n) is 7.23. The standard InChI is InChI=1S/C16H21FN2O2/c1-15(2)10-6-7-16(15,3)14(8-10)18-12-5-4-11(17)9-13(12)19(20)21/h4-5,9-10,14,18H,6-8H2,1-3H3. The van der Waals surface area contributed by atoms with Crippen molar-refractivity contribution in [2.45, 2.75) is 46.1 Å². The molecule has 1 N–H and O–H groups in total. The molecular formula is C16H21FN2O2. The van der Waals surface area contributed by atoms with E-state index in [-0.39, 0.29) is 22.6 Å². The first-order valence-electron chi connectivity index (χ1n) is 7.46. The van der Waals surface area contributed by atoms with Gasteiger partial charge in [0.15, 0.2) is 0 Å². The second-order valence-corrected chi connectivity index (χ2v) is 7.23. The van der Waals surface area contributed by atoms with E-state index in [1.807, 2.05) is 0 Å². The van der Waals surface area contributed by atoms with Crippen LogP contribution in [0.2, 0.25) is 0 Å². The van der Waals surface area contributed by atoms with Crippen molar-refractivity contribution in [3.05, 3.63) is 34.1 Å². The van der Waals surface area contributed by atoms with Crippen molar-refractivity contribution in [3.63, 3.8) is 0 Å². The molecule has 1 aromatic carbocycles. The fourth-order valence-electron chi connectivity index (χ4n) is 4.39. The van der Waals surface area contributed by atoms with Gasteiger partial charge < -0.3 is 5.32 Å². The molecule has 0 aliphatic heterocycles. The maximum Gasteiger partial charge on any atom is 0.295 e. The molecular weight excluding hydrogens is 271 g/mol. The van der Waals surface area contributed by atoms with Crippen LogP contribution in [0.15, 0.2) is 18.2 Å². The van der Waals surface area contributed by atoms with E-state index in [9.17, 15) is 14.5 Å². The summed E-state index contributed by atoms with van der Waals surface area (Å²) in [6, 6.07) is 3.95. The highest BCUT2D eigenvalue weighted by Crippen LogP contribution is 2.66. The molecule has 3 rings (SSSR count). The van der Waals surface area contributed by atoms with Crippen molar-refractivity contribution < 1.29 is 9.31 Å². The Morgan fingerprint density at radius 2 is 2.10 bits per heavy atom. The molecule has 0 radical (unpaired) electrons. The highest BCUT2D eigenvalue weighted by molar-refractivity contribution is 5.62. The third kappa shape index (κ3) is 1.93. The first-order valence-corrected chi connectivity index (χ1v) is 7.46. The summed E-state index contributed by atoms with van der Waals surface area (Å²) in [6.07, 6.45) is 3.39. The molecule has 1 aromatic rings. The molecule has 0 spiro atoms. The van der Waals surface area contributed by atoms with Crippen molar-refractivity contribution in [1.82, 2.24) is 0 Å². The zero-order valence-electron chi connectivity index (χ0n) is 12.6. The van der Waals surface area contributed by atoms with Gasteiger partial charge in [-0.1, -0.05) is 20.8 Å². The number of hydrogen-bond acceptors (Lipinski definition) is 3. The van der Waals surface area contributed by atoms with Crippen molar-refractivity contribution in [1.29, 1.82) is 0 Å². The fourth-order valence-corrected chi connectivity index (χ4v) is 4.39. The quantitative estimate of drug-likeness (QED) is 0.665. The van der Waals surface area contributed by atoms with Crippen LogP contribution in [0.1, 0.15) is 40.0 Å². The highest BCUT2D eigenvalue weighted by Gasteiger charge is 2.61. The Hall–Kier alpha value is -1.65. The van der Waals surface area contributed by atoms with E-state index in [2.05, 4.69) is 26.1 Å². The number of nitrogens with one attached hydrogen (secondary N) is 1. The van der Waals surface area contributed by atoms with E-state index in [4.69, 9.17) is 0 Å². The Morgan fingerprint density at radius 3 is 2.62 bits per heavy atom. The van der Waals surface area contributed by atoms with E-state index in [0.717, 1.165) is 18.9 Å². The van der Waals surface area contributed by atoms with Crippen LogP contribution in [0.4, 0.5) is 15.8 Å². The Balaban J connectivity index is 1.91. The number of nitro groups is 1. The van der Waals surface area contributed by atoms with Gasteiger partial charge in [0, 0.05) is 6.04 Å². The Labute approximate surface area is 123 Å². The largest absolute Gasteiger partial charge is 0.376 e. The molecule has 0 saturated heterocycles. The Bertz CT molecular complexity index is 602.